The maximum Gasteiger partial charge on any atom is 0.338 e. The van der Waals surface area contributed by atoms with E-state index < -0.39 is 18.1 Å². The molecule has 1 heterocycles. The molecule has 2 nitrogen and oxygen atoms in total. The molecule has 0 bridgehead atoms. The van der Waals surface area contributed by atoms with E-state index in [1.54, 1.807) is 12.3 Å². The summed E-state index contributed by atoms with van der Waals surface area (Å²) in [6, 6.07) is 1.82. The summed E-state index contributed by atoms with van der Waals surface area (Å²) in [5.41, 5.74) is 0.761. The van der Waals surface area contributed by atoms with Crippen molar-refractivity contribution in [3.63, 3.8) is 0 Å². The zero-order valence-corrected chi connectivity index (χ0v) is 8.27. The third kappa shape index (κ3) is 2.28. The predicted octanol–water partition coefficient (Wildman–Crippen LogP) is 2.58. The minimum absolute atomic E-state index is 0.567. The largest absolute Gasteiger partial charge is 0.479 e. The molecule has 0 aliphatic carbocycles. The van der Waals surface area contributed by atoms with Crippen LogP contribution in [0, 0.1) is 6.92 Å². The third-order valence-electron chi connectivity index (χ3n) is 1.95. The topological polar surface area (TPSA) is 37.3 Å². The number of carboxylic acid groups (broad SMARTS) is 1. The van der Waals surface area contributed by atoms with Gasteiger partial charge in [0.1, 0.15) is 0 Å². The van der Waals surface area contributed by atoms with Crippen LogP contribution in [0.3, 0.4) is 0 Å². The fourth-order valence-corrected chi connectivity index (χ4v) is 1.89. The van der Waals surface area contributed by atoms with Crippen molar-refractivity contribution in [3.8, 4) is 0 Å². The van der Waals surface area contributed by atoms with Crippen molar-refractivity contribution in [3.05, 3.63) is 21.9 Å². The van der Waals surface area contributed by atoms with Gasteiger partial charge in [0.05, 0.1) is 0 Å². The molecule has 13 heavy (non-hydrogen) atoms. The van der Waals surface area contributed by atoms with Crippen LogP contribution in [0.1, 0.15) is 23.3 Å². The third-order valence-corrected chi connectivity index (χ3v) is 2.83. The van der Waals surface area contributed by atoms with Gasteiger partial charge in [-0.25, -0.2) is 9.18 Å². The molecule has 0 saturated heterocycles. The highest BCUT2D eigenvalue weighted by Crippen LogP contribution is 2.26. The van der Waals surface area contributed by atoms with Gasteiger partial charge in [0, 0.05) is 10.8 Å². The van der Waals surface area contributed by atoms with Gasteiger partial charge in [0.2, 0.25) is 6.17 Å². The Bertz CT molecular complexity index is 308. The second-order valence-corrected chi connectivity index (χ2v) is 4.13. The highest BCUT2D eigenvalue weighted by atomic mass is 32.1. The Morgan fingerprint density at radius 3 is 2.69 bits per heavy atom. The van der Waals surface area contributed by atoms with E-state index in [-0.39, 0.29) is 0 Å². The molecule has 2 atom stereocenters. The van der Waals surface area contributed by atoms with Crippen LogP contribution in [0.15, 0.2) is 11.4 Å². The van der Waals surface area contributed by atoms with Gasteiger partial charge in [-0.15, -0.1) is 11.3 Å². The maximum absolute atomic E-state index is 13.0. The van der Waals surface area contributed by atoms with Gasteiger partial charge in [0.15, 0.2) is 0 Å². The first-order valence-corrected chi connectivity index (χ1v) is 4.82. The number of carbonyl (C=O) groups is 1. The van der Waals surface area contributed by atoms with Crippen LogP contribution < -0.4 is 0 Å². The maximum atomic E-state index is 13.0. The number of hydrogen-bond acceptors (Lipinski definition) is 2. The summed E-state index contributed by atoms with van der Waals surface area (Å²) < 4.78 is 13.0. The van der Waals surface area contributed by atoms with Crippen LogP contribution in [0.4, 0.5) is 4.39 Å². The van der Waals surface area contributed by atoms with Gasteiger partial charge in [-0.2, -0.15) is 0 Å². The molecule has 0 saturated carbocycles. The molecule has 1 aromatic heterocycles. The molecule has 1 rings (SSSR count). The second-order valence-electron chi connectivity index (χ2n) is 3.02. The van der Waals surface area contributed by atoms with Crippen molar-refractivity contribution < 1.29 is 14.3 Å². The molecule has 0 spiro atoms. The molecule has 0 radical (unpaired) electrons. The number of halogens is 1. The second kappa shape index (κ2) is 3.87. The summed E-state index contributed by atoms with van der Waals surface area (Å²) in [5, 5.41) is 10.3. The smallest absolute Gasteiger partial charge is 0.338 e. The molecule has 1 aromatic rings. The number of rotatable bonds is 3. The predicted molar refractivity (Wildman–Crippen MR) is 50.0 cm³/mol. The Morgan fingerprint density at radius 2 is 2.31 bits per heavy atom. The van der Waals surface area contributed by atoms with Crippen molar-refractivity contribution in [1.82, 2.24) is 0 Å². The van der Waals surface area contributed by atoms with Gasteiger partial charge in [-0.05, 0) is 23.9 Å². The van der Waals surface area contributed by atoms with E-state index in [9.17, 15) is 9.18 Å². The molecule has 2 unspecified atom stereocenters. The zero-order valence-electron chi connectivity index (χ0n) is 7.45. The Morgan fingerprint density at radius 1 is 1.69 bits per heavy atom. The standard InChI is InChI=1S/C9H11FO2S/c1-5-3-7(4-13-5)6(2)8(10)9(11)12/h3-4,6,8H,1-2H3,(H,11,12). The molecule has 4 heteroatoms. The van der Waals surface area contributed by atoms with E-state index in [2.05, 4.69) is 0 Å². The summed E-state index contributed by atoms with van der Waals surface area (Å²) in [7, 11) is 0. The molecule has 0 aliphatic heterocycles. The average molecular weight is 202 g/mol. The summed E-state index contributed by atoms with van der Waals surface area (Å²) in [4.78, 5) is 11.4. The lowest BCUT2D eigenvalue weighted by atomic mass is 9.99. The van der Waals surface area contributed by atoms with Crippen LogP contribution in [0.5, 0.6) is 0 Å². The highest BCUT2D eigenvalue weighted by molar-refractivity contribution is 7.10. The Hall–Kier alpha value is -0.900. The Kier molecular flexibility index (Phi) is 3.03. The normalized spacial score (nSPS) is 15.3. The lowest BCUT2D eigenvalue weighted by Gasteiger charge is -2.10. The minimum Gasteiger partial charge on any atom is -0.479 e. The Labute approximate surface area is 80.0 Å². The monoisotopic (exact) mass is 202 g/mol. The first kappa shape index (κ1) is 10.2. The van der Waals surface area contributed by atoms with E-state index in [0.29, 0.717) is 0 Å². The minimum atomic E-state index is -1.81. The van der Waals surface area contributed by atoms with Gasteiger partial charge < -0.3 is 5.11 Å². The van der Waals surface area contributed by atoms with E-state index >= 15 is 0 Å². The van der Waals surface area contributed by atoms with Crippen LogP contribution >= 0.6 is 11.3 Å². The lowest BCUT2D eigenvalue weighted by molar-refractivity contribution is -0.143. The van der Waals surface area contributed by atoms with Crippen LogP contribution in [-0.2, 0) is 4.79 Å². The first-order valence-electron chi connectivity index (χ1n) is 3.94. The van der Waals surface area contributed by atoms with E-state index in [0.717, 1.165) is 10.4 Å². The average Bonchev–Trinajstić information content (AvgIpc) is 2.49. The first-order chi connectivity index (χ1) is 6.02. The molecule has 0 amide bonds. The van der Waals surface area contributed by atoms with Crippen molar-refractivity contribution in [1.29, 1.82) is 0 Å². The fourth-order valence-electron chi connectivity index (χ4n) is 1.09. The zero-order chi connectivity index (χ0) is 10.0. The van der Waals surface area contributed by atoms with Gasteiger partial charge >= 0.3 is 5.97 Å². The van der Waals surface area contributed by atoms with Crippen LogP contribution in [-0.4, -0.2) is 17.2 Å². The van der Waals surface area contributed by atoms with Gasteiger partial charge in [0.25, 0.3) is 0 Å². The van der Waals surface area contributed by atoms with Crippen LogP contribution in [0.2, 0.25) is 0 Å². The molecule has 1 N–H and O–H groups in total. The summed E-state index contributed by atoms with van der Waals surface area (Å²) >= 11 is 1.50. The lowest BCUT2D eigenvalue weighted by Crippen LogP contribution is -2.20. The number of carboxylic acids is 1. The fraction of sp³-hybridized carbons (Fsp3) is 0.444. The number of aryl methyl sites for hydroxylation is 1. The number of hydrogen-bond donors (Lipinski definition) is 1. The van der Waals surface area contributed by atoms with E-state index in [1.165, 1.54) is 11.3 Å². The van der Waals surface area contributed by atoms with Crippen LogP contribution in [0.25, 0.3) is 0 Å². The Balaban J connectivity index is 2.78. The highest BCUT2D eigenvalue weighted by Gasteiger charge is 2.25. The molecular weight excluding hydrogens is 191 g/mol. The van der Waals surface area contributed by atoms with Crippen molar-refractivity contribution in [2.24, 2.45) is 0 Å². The summed E-state index contributed by atoms with van der Waals surface area (Å²) in [6.07, 6.45) is -1.81. The summed E-state index contributed by atoms with van der Waals surface area (Å²) in [5.74, 6) is -1.96. The molecule has 72 valence electrons. The molecular formula is C9H11FO2S. The molecule has 0 aromatic carbocycles. The quantitative estimate of drug-likeness (QED) is 0.818. The van der Waals surface area contributed by atoms with Crippen molar-refractivity contribution in [2.75, 3.05) is 0 Å². The molecule has 0 fully saturated rings. The SMILES string of the molecule is Cc1cc(C(C)C(F)C(=O)O)cs1. The van der Waals surface area contributed by atoms with Gasteiger partial charge in [-0.1, -0.05) is 6.92 Å². The molecule has 0 aliphatic rings. The van der Waals surface area contributed by atoms with Gasteiger partial charge in [-0.3, -0.25) is 0 Å². The number of thiophene rings is 1. The van der Waals surface area contributed by atoms with E-state index in [4.69, 9.17) is 5.11 Å². The van der Waals surface area contributed by atoms with Crippen molar-refractivity contribution >= 4 is 17.3 Å². The van der Waals surface area contributed by atoms with Crippen molar-refractivity contribution in [2.45, 2.75) is 25.9 Å². The number of aliphatic carboxylic acids is 1. The summed E-state index contributed by atoms with van der Waals surface area (Å²) in [6.45, 7) is 3.50. The number of alkyl halides is 1. The van der Waals surface area contributed by atoms with E-state index in [1.807, 2.05) is 13.0 Å².